The van der Waals surface area contributed by atoms with Crippen molar-refractivity contribution in [3.05, 3.63) is 59.7 Å². The van der Waals surface area contributed by atoms with E-state index < -0.39 is 12.1 Å². The van der Waals surface area contributed by atoms with E-state index in [4.69, 9.17) is 9.47 Å². The molecular weight excluding hydrogens is 306 g/mol. The summed E-state index contributed by atoms with van der Waals surface area (Å²) in [6.07, 6.45) is -0.904. The van der Waals surface area contributed by atoms with E-state index in [2.05, 4.69) is 5.32 Å². The quantitative estimate of drug-likeness (QED) is 0.827. The van der Waals surface area contributed by atoms with Gasteiger partial charge in [-0.05, 0) is 50.1 Å². The van der Waals surface area contributed by atoms with Crippen LogP contribution < -0.4 is 10.1 Å². The zero-order valence-corrected chi connectivity index (χ0v) is 14.0. The second-order valence-electron chi connectivity index (χ2n) is 5.54. The number of carbonyl (C=O) groups is 2. The summed E-state index contributed by atoms with van der Waals surface area (Å²) in [6, 6.07) is 14.8. The molecule has 2 rings (SSSR count). The fourth-order valence-corrected chi connectivity index (χ4v) is 2.11. The number of para-hydroxylation sites is 1. The molecule has 2 aromatic carbocycles. The van der Waals surface area contributed by atoms with Crippen molar-refractivity contribution in [2.45, 2.75) is 26.9 Å². The Hall–Kier alpha value is -2.82. The van der Waals surface area contributed by atoms with Gasteiger partial charge in [-0.3, -0.25) is 4.79 Å². The Labute approximate surface area is 141 Å². The Morgan fingerprint density at radius 1 is 1.08 bits per heavy atom. The summed E-state index contributed by atoms with van der Waals surface area (Å²) in [5.41, 5.74) is 2.62. The molecule has 126 valence electrons. The van der Waals surface area contributed by atoms with Crippen molar-refractivity contribution in [1.29, 1.82) is 0 Å². The summed E-state index contributed by atoms with van der Waals surface area (Å²) in [5, 5.41) is 2.71. The standard InChI is InChI=1S/C19H21NO4/c1-13-7-6-9-16(11-13)20-19(22)15(3)24-18(21)12-23-17-10-5-4-8-14(17)2/h4-11,15H,12H2,1-3H3,(H,20,22)/t15-/m0/s1. The van der Waals surface area contributed by atoms with E-state index in [1.54, 1.807) is 12.1 Å². The number of nitrogens with one attached hydrogen (secondary N) is 1. The SMILES string of the molecule is Cc1cccc(NC(=O)[C@H](C)OC(=O)COc2ccccc2C)c1. The molecule has 5 heteroatoms. The molecule has 0 aliphatic heterocycles. The van der Waals surface area contributed by atoms with Crippen molar-refractivity contribution in [1.82, 2.24) is 0 Å². The van der Waals surface area contributed by atoms with Crippen LogP contribution in [0.5, 0.6) is 5.75 Å². The predicted octanol–water partition coefficient (Wildman–Crippen LogP) is 3.25. The summed E-state index contributed by atoms with van der Waals surface area (Å²) >= 11 is 0. The number of esters is 1. The lowest BCUT2D eigenvalue weighted by atomic mass is 10.2. The molecule has 0 saturated heterocycles. The molecule has 0 heterocycles. The van der Waals surface area contributed by atoms with E-state index in [1.807, 2.05) is 50.2 Å². The minimum absolute atomic E-state index is 0.243. The maximum atomic E-state index is 12.1. The number of rotatable bonds is 6. The first-order valence-corrected chi connectivity index (χ1v) is 7.71. The van der Waals surface area contributed by atoms with Crippen LogP contribution in [0, 0.1) is 13.8 Å². The van der Waals surface area contributed by atoms with Crippen molar-refractivity contribution in [2.75, 3.05) is 11.9 Å². The average Bonchev–Trinajstić information content (AvgIpc) is 2.54. The van der Waals surface area contributed by atoms with E-state index in [9.17, 15) is 9.59 Å². The monoisotopic (exact) mass is 327 g/mol. The highest BCUT2D eigenvalue weighted by molar-refractivity contribution is 5.95. The minimum Gasteiger partial charge on any atom is -0.482 e. The molecule has 0 aliphatic carbocycles. The predicted molar refractivity (Wildman–Crippen MR) is 92.0 cm³/mol. The second kappa shape index (κ2) is 8.15. The molecule has 0 radical (unpaired) electrons. The first-order chi connectivity index (χ1) is 11.5. The van der Waals surface area contributed by atoms with Gasteiger partial charge in [0.25, 0.3) is 5.91 Å². The van der Waals surface area contributed by atoms with Crippen molar-refractivity contribution < 1.29 is 19.1 Å². The molecule has 0 spiro atoms. The molecule has 1 amide bonds. The number of hydrogen-bond acceptors (Lipinski definition) is 4. The third kappa shape index (κ3) is 5.12. The third-order valence-corrected chi connectivity index (χ3v) is 3.40. The fraction of sp³-hybridized carbons (Fsp3) is 0.263. The molecular formula is C19H21NO4. The van der Waals surface area contributed by atoms with Gasteiger partial charge in [-0.1, -0.05) is 30.3 Å². The number of aryl methyl sites for hydroxylation is 2. The summed E-state index contributed by atoms with van der Waals surface area (Å²) in [4.78, 5) is 23.9. The van der Waals surface area contributed by atoms with Gasteiger partial charge in [0, 0.05) is 5.69 Å². The molecule has 0 aromatic heterocycles. The zero-order chi connectivity index (χ0) is 17.5. The fourth-order valence-electron chi connectivity index (χ4n) is 2.11. The molecule has 5 nitrogen and oxygen atoms in total. The maximum Gasteiger partial charge on any atom is 0.344 e. The molecule has 24 heavy (non-hydrogen) atoms. The lowest BCUT2D eigenvalue weighted by molar-refractivity contribution is -0.155. The number of ether oxygens (including phenoxy) is 2. The largest absolute Gasteiger partial charge is 0.482 e. The van der Waals surface area contributed by atoms with Crippen LogP contribution in [0.2, 0.25) is 0 Å². The van der Waals surface area contributed by atoms with Gasteiger partial charge in [-0.25, -0.2) is 4.79 Å². The maximum absolute atomic E-state index is 12.1. The Balaban J connectivity index is 1.82. The van der Waals surface area contributed by atoms with Crippen LogP contribution in [0.25, 0.3) is 0 Å². The molecule has 0 unspecified atom stereocenters. The van der Waals surface area contributed by atoms with Crippen LogP contribution in [0.3, 0.4) is 0 Å². The van der Waals surface area contributed by atoms with Gasteiger partial charge < -0.3 is 14.8 Å². The third-order valence-electron chi connectivity index (χ3n) is 3.40. The molecule has 0 aliphatic rings. The number of hydrogen-bond donors (Lipinski definition) is 1. The van der Waals surface area contributed by atoms with Crippen LogP contribution in [0.1, 0.15) is 18.1 Å². The van der Waals surface area contributed by atoms with Gasteiger partial charge in [-0.15, -0.1) is 0 Å². The van der Waals surface area contributed by atoms with Crippen molar-refractivity contribution in [3.63, 3.8) is 0 Å². The van der Waals surface area contributed by atoms with Gasteiger partial charge >= 0.3 is 5.97 Å². The van der Waals surface area contributed by atoms with Gasteiger partial charge in [0.05, 0.1) is 0 Å². The average molecular weight is 327 g/mol. The van der Waals surface area contributed by atoms with Gasteiger partial charge in [0.2, 0.25) is 0 Å². The zero-order valence-electron chi connectivity index (χ0n) is 14.0. The molecule has 2 aromatic rings. The smallest absolute Gasteiger partial charge is 0.344 e. The van der Waals surface area contributed by atoms with Gasteiger partial charge in [-0.2, -0.15) is 0 Å². The van der Waals surface area contributed by atoms with E-state index in [1.165, 1.54) is 6.92 Å². The lowest BCUT2D eigenvalue weighted by Crippen LogP contribution is -2.31. The normalized spacial score (nSPS) is 11.5. The van der Waals surface area contributed by atoms with Crippen LogP contribution in [0.4, 0.5) is 5.69 Å². The Morgan fingerprint density at radius 3 is 2.54 bits per heavy atom. The molecule has 1 atom stereocenters. The van der Waals surface area contributed by atoms with Gasteiger partial charge in [0.1, 0.15) is 5.75 Å². The number of benzene rings is 2. The number of amides is 1. The molecule has 0 bridgehead atoms. The van der Waals surface area contributed by atoms with Crippen LogP contribution in [-0.4, -0.2) is 24.6 Å². The van der Waals surface area contributed by atoms with Crippen molar-refractivity contribution in [3.8, 4) is 5.75 Å². The van der Waals surface area contributed by atoms with E-state index in [0.717, 1.165) is 11.1 Å². The Kier molecular flexibility index (Phi) is 5.95. The van der Waals surface area contributed by atoms with Crippen molar-refractivity contribution in [2.24, 2.45) is 0 Å². The number of carbonyl (C=O) groups excluding carboxylic acids is 2. The summed E-state index contributed by atoms with van der Waals surface area (Å²) in [6.45, 7) is 5.10. The molecule has 0 fully saturated rings. The first-order valence-electron chi connectivity index (χ1n) is 7.71. The topological polar surface area (TPSA) is 64.6 Å². The highest BCUT2D eigenvalue weighted by Crippen LogP contribution is 2.16. The van der Waals surface area contributed by atoms with Crippen LogP contribution in [-0.2, 0) is 14.3 Å². The number of anilines is 1. The Morgan fingerprint density at radius 2 is 1.83 bits per heavy atom. The van der Waals surface area contributed by atoms with Crippen LogP contribution in [0.15, 0.2) is 48.5 Å². The highest BCUT2D eigenvalue weighted by atomic mass is 16.6. The summed E-state index contributed by atoms with van der Waals surface area (Å²) in [5.74, 6) is -0.360. The summed E-state index contributed by atoms with van der Waals surface area (Å²) < 4.78 is 10.5. The van der Waals surface area contributed by atoms with E-state index in [0.29, 0.717) is 11.4 Å². The first kappa shape index (κ1) is 17.5. The lowest BCUT2D eigenvalue weighted by Gasteiger charge is -2.14. The summed E-state index contributed by atoms with van der Waals surface area (Å²) in [7, 11) is 0. The molecule has 1 N–H and O–H groups in total. The highest BCUT2D eigenvalue weighted by Gasteiger charge is 2.18. The minimum atomic E-state index is -0.904. The molecule has 0 saturated carbocycles. The Bertz CT molecular complexity index is 727. The van der Waals surface area contributed by atoms with E-state index in [-0.39, 0.29) is 12.5 Å². The van der Waals surface area contributed by atoms with Crippen LogP contribution >= 0.6 is 0 Å². The van der Waals surface area contributed by atoms with E-state index >= 15 is 0 Å². The van der Waals surface area contributed by atoms with Crippen molar-refractivity contribution >= 4 is 17.6 Å². The van der Waals surface area contributed by atoms with Gasteiger partial charge in [0.15, 0.2) is 12.7 Å². The second-order valence-corrected chi connectivity index (χ2v) is 5.54.